The van der Waals surface area contributed by atoms with Crippen LogP contribution >= 0.6 is 0 Å². The number of ether oxygens (including phenoxy) is 1. The van der Waals surface area contributed by atoms with Gasteiger partial charge >= 0.3 is 0 Å². The van der Waals surface area contributed by atoms with Gasteiger partial charge in [-0.25, -0.2) is 13.2 Å². The van der Waals surface area contributed by atoms with Gasteiger partial charge in [-0.1, -0.05) is 54.3 Å². The molecule has 0 atom stereocenters. The van der Waals surface area contributed by atoms with Gasteiger partial charge in [-0.15, -0.1) is 0 Å². The van der Waals surface area contributed by atoms with Gasteiger partial charge in [-0.3, -0.25) is 0 Å². The van der Waals surface area contributed by atoms with Gasteiger partial charge in [0.15, 0.2) is 11.6 Å². The van der Waals surface area contributed by atoms with Crippen LogP contribution in [0.1, 0.15) is 16.7 Å². The summed E-state index contributed by atoms with van der Waals surface area (Å²) in [6.07, 6.45) is 0.829. The third kappa shape index (κ3) is 4.63. The molecule has 154 valence electrons. The number of benzene rings is 4. The van der Waals surface area contributed by atoms with E-state index in [1.165, 1.54) is 18.2 Å². The van der Waals surface area contributed by atoms with E-state index in [1.54, 1.807) is 25.3 Å². The van der Waals surface area contributed by atoms with Crippen LogP contribution in [0, 0.1) is 29.3 Å². The molecule has 0 fully saturated rings. The van der Waals surface area contributed by atoms with Crippen LogP contribution in [0.2, 0.25) is 0 Å². The number of halogens is 3. The fraction of sp³-hybridized carbons (Fsp3) is 0.111. The molecule has 4 aromatic carbocycles. The van der Waals surface area contributed by atoms with Crippen LogP contribution in [0.3, 0.4) is 0 Å². The molecular weight excluding hydrogens is 397 g/mol. The van der Waals surface area contributed by atoms with Gasteiger partial charge < -0.3 is 4.74 Å². The summed E-state index contributed by atoms with van der Waals surface area (Å²) in [5.41, 5.74) is 3.71. The van der Waals surface area contributed by atoms with Crippen LogP contribution in [-0.2, 0) is 11.2 Å². The first-order chi connectivity index (χ1) is 15.0. The van der Waals surface area contributed by atoms with E-state index in [-0.39, 0.29) is 10.9 Å². The zero-order valence-corrected chi connectivity index (χ0v) is 16.9. The predicted molar refractivity (Wildman–Crippen MR) is 117 cm³/mol. The first kappa shape index (κ1) is 20.7. The molecule has 0 unspecified atom stereocenters. The lowest BCUT2D eigenvalue weighted by Gasteiger charge is -2.05. The Morgan fingerprint density at radius 1 is 0.742 bits per heavy atom. The Morgan fingerprint density at radius 2 is 1.52 bits per heavy atom. The second-order valence-corrected chi connectivity index (χ2v) is 7.18. The summed E-state index contributed by atoms with van der Waals surface area (Å²) >= 11 is 0. The van der Waals surface area contributed by atoms with Gasteiger partial charge in [0.1, 0.15) is 5.82 Å². The first-order valence-corrected chi connectivity index (χ1v) is 9.83. The lowest BCUT2D eigenvalue weighted by molar-refractivity contribution is 0.202. The quantitative estimate of drug-likeness (QED) is 0.345. The predicted octanol–water partition coefficient (Wildman–Crippen LogP) is 6.51. The Balaban J connectivity index is 1.56. The summed E-state index contributed by atoms with van der Waals surface area (Å²) < 4.78 is 46.9. The lowest BCUT2D eigenvalue weighted by atomic mass is 10.0. The molecule has 1 nitrogen and oxygen atoms in total. The standard InChI is InChI=1S/C27H19F3O/c1-31-15-14-18-2-6-20(7-3-18)22-10-9-21(26(29)17-22)8-4-19-5-12-24-23(16-19)11-13-25(28)27(24)30/h2-3,5-7,9-13,16-17H,14-15H2,1H3. The molecule has 0 amide bonds. The van der Waals surface area contributed by atoms with Crippen molar-refractivity contribution >= 4 is 10.8 Å². The van der Waals surface area contributed by atoms with Gasteiger partial charge in [-0.2, -0.15) is 0 Å². The molecule has 0 bridgehead atoms. The van der Waals surface area contributed by atoms with Crippen molar-refractivity contribution in [2.24, 2.45) is 0 Å². The maximum Gasteiger partial charge on any atom is 0.166 e. The first-order valence-electron chi connectivity index (χ1n) is 9.83. The van der Waals surface area contributed by atoms with Crippen LogP contribution in [0.15, 0.2) is 72.8 Å². The normalized spacial score (nSPS) is 10.7. The highest BCUT2D eigenvalue weighted by atomic mass is 19.2. The fourth-order valence-electron chi connectivity index (χ4n) is 3.36. The topological polar surface area (TPSA) is 9.23 Å². The smallest absolute Gasteiger partial charge is 0.166 e. The molecular formula is C27H19F3O. The van der Waals surface area contributed by atoms with Crippen molar-refractivity contribution in [1.82, 2.24) is 0 Å². The number of rotatable bonds is 4. The highest BCUT2D eigenvalue weighted by Crippen LogP contribution is 2.23. The van der Waals surface area contributed by atoms with Gasteiger partial charge in [0.2, 0.25) is 0 Å². The minimum absolute atomic E-state index is 0.189. The molecule has 0 saturated heterocycles. The fourth-order valence-corrected chi connectivity index (χ4v) is 3.36. The Hall–Kier alpha value is -3.55. The lowest BCUT2D eigenvalue weighted by Crippen LogP contribution is -1.94. The Labute approximate surface area is 179 Å². The van der Waals surface area contributed by atoms with E-state index in [2.05, 4.69) is 11.8 Å². The summed E-state index contributed by atoms with van der Waals surface area (Å²) in [7, 11) is 1.67. The van der Waals surface area contributed by atoms with E-state index >= 15 is 0 Å². The molecule has 4 aromatic rings. The van der Waals surface area contributed by atoms with E-state index in [1.807, 2.05) is 30.3 Å². The molecule has 0 aliphatic heterocycles. The zero-order valence-electron chi connectivity index (χ0n) is 16.9. The van der Waals surface area contributed by atoms with Crippen LogP contribution < -0.4 is 0 Å². The molecule has 0 aromatic heterocycles. The molecule has 0 aliphatic rings. The maximum absolute atomic E-state index is 14.6. The summed E-state index contributed by atoms with van der Waals surface area (Å²) in [5, 5.41) is 0.727. The van der Waals surface area contributed by atoms with E-state index in [0.29, 0.717) is 17.6 Å². The third-order valence-corrected chi connectivity index (χ3v) is 5.10. The van der Waals surface area contributed by atoms with Gasteiger partial charge in [0, 0.05) is 18.1 Å². The Kier molecular flexibility index (Phi) is 6.06. The monoisotopic (exact) mass is 416 g/mol. The molecule has 0 N–H and O–H groups in total. The highest BCUT2D eigenvalue weighted by Gasteiger charge is 2.07. The van der Waals surface area contributed by atoms with Crippen molar-refractivity contribution in [2.45, 2.75) is 6.42 Å². The number of methoxy groups -OCH3 is 1. The second kappa shape index (κ2) is 9.07. The average molecular weight is 416 g/mol. The van der Waals surface area contributed by atoms with Crippen molar-refractivity contribution < 1.29 is 17.9 Å². The van der Waals surface area contributed by atoms with E-state index in [4.69, 9.17) is 4.74 Å². The molecule has 0 aliphatic carbocycles. The molecule has 4 rings (SSSR count). The van der Waals surface area contributed by atoms with Crippen LogP contribution in [0.5, 0.6) is 0 Å². The van der Waals surface area contributed by atoms with Crippen molar-refractivity contribution in [3.63, 3.8) is 0 Å². The number of hydrogen-bond acceptors (Lipinski definition) is 1. The highest BCUT2D eigenvalue weighted by molar-refractivity contribution is 5.84. The van der Waals surface area contributed by atoms with Crippen molar-refractivity contribution in [1.29, 1.82) is 0 Å². The molecule has 0 spiro atoms. The van der Waals surface area contributed by atoms with E-state index < -0.39 is 17.5 Å². The van der Waals surface area contributed by atoms with Crippen LogP contribution in [0.25, 0.3) is 21.9 Å². The molecule has 31 heavy (non-hydrogen) atoms. The summed E-state index contributed by atoms with van der Waals surface area (Å²) in [4.78, 5) is 0. The molecule has 0 saturated carbocycles. The van der Waals surface area contributed by atoms with Gasteiger partial charge in [-0.05, 0) is 58.8 Å². The largest absolute Gasteiger partial charge is 0.384 e. The molecule has 0 radical (unpaired) electrons. The van der Waals surface area contributed by atoms with Crippen molar-refractivity contribution in [3.8, 4) is 23.0 Å². The summed E-state index contributed by atoms with van der Waals surface area (Å²) in [5.74, 6) is 3.53. The second-order valence-electron chi connectivity index (χ2n) is 7.18. The Morgan fingerprint density at radius 3 is 2.26 bits per heavy atom. The number of hydrogen-bond donors (Lipinski definition) is 0. The van der Waals surface area contributed by atoms with Crippen molar-refractivity contribution in [3.05, 3.63) is 107 Å². The SMILES string of the molecule is COCCc1ccc(-c2ccc(C#Cc3ccc4c(F)c(F)ccc4c3)c(F)c2)cc1. The van der Waals surface area contributed by atoms with Crippen LogP contribution in [0.4, 0.5) is 13.2 Å². The van der Waals surface area contributed by atoms with Crippen LogP contribution in [-0.4, -0.2) is 13.7 Å². The Bertz CT molecular complexity index is 1300. The van der Waals surface area contributed by atoms with E-state index in [0.717, 1.165) is 29.2 Å². The van der Waals surface area contributed by atoms with E-state index in [9.17, 15) is 13.2 Å². The minimum atomic E-state index is -0.891. The summed E-state index contributed by atoms with van der Waals surface area (Å²) in [6, 6.07) is 20.2. The molecule has 4 heteroatoms. The third-order valence-electron chi connectivity index (χ3n) is 5.10. The van der Waals surface area contributed by atoms with Crippen molar-refractivity contribution in [2.75, 3.05) is 13.7 Å². The number of fused-ring (bicyclic) bond motifs is 1. The maximum atomic E-state index is 14.6. The average Bonchev–Trinajstić information content (AvgIpc) is 2.79. The molecule has 0 heterocycles. The minimum Gasteiger partial charge on any atom is -0.384 e. The van der Waals surface area contributed by atoms with Gasteiger partial charge in [0.05, 0.1) is 12.2 Å². The zero-order chi connectivity index (χ0) is 21.8. The summed E-state index contributed by atoms with van der Waals surface area (Å²) in [6.45, 7) is 0.657. The van der Waals surface area contributed by atoms with Gasteiger partial charge in [0.25, 0.3) is 0 Å².